The van der Waals surface area contributed by atoms with E-state index < -0.39 is 0 Å². The molecule has 3 aliphatic rings. The summed E-state index contributed by atoms with van der Waals surface area (Å²) in [6, 6.07) is 0. The van der Waals surface area contributed by atoms with Crippen molar-refractivity contribution in [1.29, 1.82) is 0 Å². The summed E-state index contributed by atoms with van der Waals surface area (Å²) in [4.78, 5) is 14.0. The molecule has 0 spiro atoms. The van der Waals surface area contributed by atoms with Crippen molar-refractivity contribution in [3.05, 3.63) is 11.1 Å². The van der Waals surface area contributed by atoms with E-state index in [1.807, 2.05) is 0 Å². The van der Waals surface area contributed by atoms with E-state index in [1.165, 1.54) is 25.7 Å². The Balaban J connectivity index is 1.78. The van der Waals surface area contributed by atoms with Gasteiger partial charge in [-0.05, 0) is 37.7 Å². The van der Waals surface area contributed by atoms with E-state index in [2.05, 4.69) is 18.7 Å². The van der Waals surface area contributed by atoms with Crippen molar-refractivity contribution < 1.29 is 4.79 Å². The lowest BCUT2D eigenvalue weighted by Crippen LogP contribution is -2.51. The smallest absolute Gasteiger partial charge is 0.135 e. The molecule has 2 nitrogen and oxygen atoms in total. The fraction of sp³-hybridized carbons (Fsp3) is 0.800. The molecule has 2 aliphatic carbocycles. The van der Waals surface area contributed by atoms with Gasteiger partial charge in [-0.2, -0.15) is 0 Å². The predicted octanol–water partition coefficient (Wildman–Crippen LogP) is 2.93. The minimum atomic E-state index is 0.301. The van der Waals surface area contributed by atoms with Gasteiger partial charge < -0.3 is 0 Å². The number of carbonyl (C=O) groups is 1. The van der Waals surface area contributed by atoms with Gasteiger partial charge in [0.1, 0.15) is 5.78 Å². The van der Waals surface area contributed by atoms with Crippen LogP contribution in [0.3, 0.4) is 0 Å². The highest BCUT2D eigenvalue weighted by Crippen LogP contribution is 2.54. The second-order valence-corrected chi connectivity index (χ2v) is 6.24. The molecule has 0 aromatic carbocycles. The van der Waals surface area contributed by atoms with E-state index in [0.717, 1.165) is 31.8 Å². The average Bonchev–Trinajstić information content (AvgIpc) is 3.09. The molecular formula is C15H23NO. The van der Waals surface area contributed by atoms with Gasteiger partial charge in [-0.15, -0.1) is 0 Å². The number of ketones is 1. The van der Waals surface area contributed by atoms with E-state index in [0.29, 0.717) is 11.3 Å². The van der Waals surface area contributed by atoms with E-state index in [-0.39, 0.29) is 0 Å². The molecule has 0 amide bonds. The second kappa shape index (κ2) is 3.94. The summed E-state index contributed by atoms with van der Waals surface area (Å²) >= 11 is 0. The Labute approximate surface area is 104 Å². The van der Waals surface area contributed by atoms with Gasteiger partial charge in [-0.1, -0.05) is 18.9 Å². The molecule has 2 heteroatoms. The SMILES string of the molecule is CCC1CC2=C(C2)C(C)(N2CCC(=O)CC2)C1. The van der Waals surface area contributed by atoms with Crippen molar-refractivity contribution in [2.75, 3.05) is 13.1 Å². The molecule has 2 unspecified atom stereocenters. The maximum Gasteiger partial charge on any atom is 0.135 e. The van der Waals surface area contributed by atoms with Crippen LogP contribution in [-0.4, -0.2) is 29.3 Å². The number of hydrogen-bond acceptors (Lipinski definition) is 2. The van der Waals surface area contributed by atoms with Crippen LogP contribution in [0, 0.1) is 5.92 Å². The lowest BCUT2D eigenvalue weighted by molar-refractivity contribution is -0.122. The summed E-state index contributed by atoms with van der Waals surface area (Å²) in [7, 11) is 0. The third kappa shape index (κ3) is 1.87. The molecule has 1 heterocycles. The van der Waals surface area contributed by atoms with Crippen LogP contribution >= 0.6 is 0 Å². The highest BCUT2D eigenvalue weighted by Gasteiger charge is 2.48. The van der Waals surface area contributed by atoms with Crippen LogP contribution in [-0.2, 0) is 4.79 Å². The Morgan fingerprint density at radius 1 is 1.35 bits per heavy atom. The van der Waals surface area contributed by atoms with Crippen molar-refractivity contribution in [3.63, 3.8) is 0 Å². The molecule has 0 radical (unpaired) electrons. The van der Waals surface area contributed by atoms with E-state index in [1.54, 1.807) is 11.1 Å². The van der Waals surface area contributed by atoms with Crippen LogP contribution in [0.15, 0.2) is 11.1 Å². The van der Waals surface area contributed by atoms with Crippen molar-refractivity contribution in [1.82, 2.24) is 4.90 Å². The number of rotatable bonds is 2. The predicted molar refractivity (Wildman–Crippen MR) is 68.9 cm³/mol. The fourth-order valence-electron chi connectivity index (χ4n) is 3.90. The molecule has 2 atom stereocenters. The fourth-order valence-corrected chi connectivity index (χ4v) is 3.90. The van der Waals surface area contributed by atoms with Crippen LogP contribution in [0.25, 0.3) is 0 Å². The molecule has 1 saturated heterocycles. The summed E-state index contributed by atoms with van der Waals surface area (Å²) in [6.45, 7) is 6.72. The van der Waals surface area contributed by atoms with Crippen LogP contribution in [0.4, 0.5) is 0 Å². The van der Waals surface area contributed by atoms with Crippen LogP contribution < -0.4 is 0 Å². The normalized spacial score (nSPS) is 38.2. The van der Waals surface area contributed by atoms with Crippen molar-refractivity contribution in [2.45, 2.75) is 57.9 Å². The molecule has 0 aromatic heterocycles. The first kappa shape index (κ1) is 11.5. The highest BCUT2D eigenvalue weighted by molar-refractivity contribution is 5.79. The van der Waals surface area contributed by atoms with Gasteiger partial charge in [0.2, 0.25) is 0 Å². The average molecular weight is 233 g/mol. The summed E-state index contributed by atoms with van der Waals surface area (Å²) < 4.78 is 0. The highest BCUT2D eigenvalue weighted by atomic mass is 16.1. The van der Waals surface area contributed by atoms with Gasteiger partial charge in [0, 0.05) is 31.5 Å². The first-order chi connectivity index (χ1) is 8.13. The van der Waals surface area contributed by atoms with Gasteiger partial charge >= 0.3 is 0 Å². The Bertz CT molecular complexity index is 374. The number of Topliss-reactive ketones (excluding diaryl/α,β-unsaturated/α-hetero) is 1. The molecular weight excluding hydrogens is 210 g/mol. The van der Waals surface area contributed by atoms with Gasteiger partial charge in [0.05, 0.1) is 0 Å². The standard InChI is InChI=1S/C15H23NO/c1-3-11-8-12-9-14(12)15(2,10-11)16-6-4-13(17)5-7-16/h11H,3-10H2,1-2H3. The lowest BCUT2D eigenvalue weighted by atomic mass is 9.78. The number of allylic oxidation sites excluding steroid dienone is 1. The van der Waals surface area contributed by atoms with E-state index >= 15 is 0 Å². The number of nitrogens with zero attached hydrogens (tertiary/aromatic N) is 1. The Morgan fingerprint density at radius 3 is 2.71 bits per heavy atom. The monoisotopic (exact) mass is 233 g/mol. The minimum absolute atomic E-state index is 0.301. The summed E-state index contributed by atoms with van der Waals surface area (Å²) in [5, 5.41) is 0. The molecule has 3 rings (SSSR count). The lowest BCUT2D eigenvalue weighted by Gasteiger charge is -2.45. The summed E-state index contributed by atoms with van der Waals surface area (Å²) in [5.74, 6) is 1.33. The summed E-state index contributed by atoms with van der Waals surface area (Å²) in [6.07, 6.45) is 6.81. The van der Waals surface area contributed by atoms with Crippen LogP contribution in [0.5, 0.6) is 0 Å². The molecule has 94 valence electrons. The van der Waals surface area contributed by atoms with Crippen molar-refractivity contribution in [3.8, 4) is 0 Å². The molecule has 1 fully saturated rings. The molecule has 0 N–H and O–H groups in total. The molecule has 0 bridgehead atoms. The largest absolute Gasteiger partial charge is 0.300 e. The maximum atomic E-state index is 11.4. The molecule has 0 aromatic rings. The number of piperidine rings is 1. The molecule has 0 saturated carbocycles. The zero-order valence-corrected chi connectivity index (χ0v) is 11.1. The van der Waals surface area contributed by atoms with Crippen LogP contribution in [0.2, 0.25) is 0 Å². The molecule has 17 heavy (non-hydrogen) atoms. The third-order valence-corrected chi connectivity index (χ3v) is 5.16. The molecule has 1 aliphatic heterocycles. The minimum Gasteiger partial charge on any atom is -0.300 e. The van der Waals surface area contributed by atoms with Gasteiger partial charge in [0.25, 0.3) is 0 Å². The van der Waals surface area contributed by atoms with Gasteiger partial charge in [-0.25, -0.2) is 0 Å². The Kier molecular flexibility index (Phi) is 2.66. The number of carbonyl (C=O) groups excluding carboxylic acids is 1. The topological polar surface area (TPSA) is 20.3 Å². The first-order valence-electron chi connectivity index (χ1n) is 7.11. The van der Waals surface area contributed by atoms with Crippen molar-refractivity contribution in [2.24, 2.45) is 5.92 Å². The van der Waals surface area contributed by atoms with Gasteiger partial charge in [-0.3, -0.25) is 9.69 Å². The van der Waals surface area contributed by atoms with Crippen LogP contribution in [0.1, 0.15) is 52.4 Å². The van der Waals surface area contributed by atoms with Crippen molar-refractivity contribution >= 4 is 5.78 Å². The zero-order chi connectivity index (χ0) is 12.0. The summed E-state index contributed by atoms with van der Waals surface area (Å²) in [5.41, 5.74) is 3.76. The second-order valence-electron chi connectivity index (χ2n) is 6.24. The van der Waals surface area contributed by atoms with Gasteiger partial charge in [0.15, 0.2) is 0 Å². The Hall–Kier alpha value is -0.630. The Morgan fingerprint density at radius 2 is 2.06 bits per heavy atom. The van der Waals surface area contributed by atoms with E-state index in [4.69, 9.17) is 0 Å². The maximum absolute atomic E-state index is 11.4. The zero-order valence-electron chi connectivity index (χ0n) is 11.1. The number of hydrogen-bond donors (Lipinski definition) is 0. The number of likely N-dealkylation sites (tertiary alicyclic amines) is 1. The first-order valence-corrected chi connectivity index (χ1v) is 7.11. The van der Waals surface area contributed by atoms with E-state index in [9.17, 15) is 4.79 Å². The third-order valence-electron chi connectivity index (χ3n) is 5.16. The quantitative estimate of drug-likeness (QED) is 0.683.